The molecule has 1 aromatic carbocycles. The van der Waals surface area contributed by atoms with Crippen molar-refractivity contribution in [3.63, 3.8) is 0 Å². The fraction of sp³-hybridized carbons (Fsp3) is 0.471. The van der Waals surface area contributed by atoms with E-state index in [1.165, 1.54) is 19.3 Å². The van der Waals surface area contributed by atoms with Crippen LogP contribution in [-0.4, -0.2) is 18.7 Å². The lowest BCUT2D eigenvalue weighted by molar-refractivity contribution is -0.139. The van der Waals surface area contributed by atoms with E-state index in [1.807, 2.05) is 6.07 Å². The fourth-order valence-electron chi connectivity index (χ4n) is 2.60. The highest BCUT2D eigenvalue weighted by molar-refractivity contribution is 5.88. The Morgan fingerprint density at radius 1 is 1.25 bits per heavy atom. The Kier molecular flexibility index (Phi) is 6.74. The SMILES string of the molecule is CCOC(=O)/C(NN)=C(/N)Oc1cccc(OC2CCCCC2)c1. The van der Waals surface area contributed by atoms with E-state index < -0.39 is 5.97 Å². The summed E-state index contributed by atoms with van der Waals surface area (Å²) >= 11 is 0. The number of nitrogens with two attached hydrogens (primary N) is 2. The van der Waals surface area contributed by atoms with E-state index in [0.29, 0.717) is 11.5 Å². The third kappa shape index (κ3) is 5.06. The summed E-state index contributed by atoms with van der Waals surface area (Å²) in [6.45, 7) is 1.90. The van der Waals surface area contributed by atoms with Crippen LogP contribution in [0.5, 0.6) is 11.5 Å². The largest absolute Gasteiger partial charge is 0.490 e. The second-order valence-electron chi connectivity index (χ2n) is 5.56. The average Bonchev–Trinajstić information content (AvgIpc) is 2.57. The molecule has 1 saturated carbocycles. The topological polar surface area (TPSA) is 109 Å². The van der Waals surface area contributed by atoms with Gasteiger partial charge in [0.25, 0.3) is 0 Å². The van der Waals surface area contributed by atoms with Crippen molar-refractivity contribution in [2.45, 2.75) is 45.1 Å². The Morgan fingerprint density at radius 3 is 2.62 bits per heavy atom. The zero-order valence-electron chi connectivity index (χ0n) is 13.9. The number of ether oxygens (including phenoxy) is 3. The first kappa shape index (κ1) is 17.9. The van der Waals surface area contributed by atoms with E-state index in [-0.39, 0.29) is 24.3 Å². The van der Waals surface area contributed by atoms with Crippen LogP contribution in [0, 0.1) is 0 Å². The van der Waals surface area contributed by atoms with Crippen LogP contribution < -0.4 is 26.5 Å². The molecule has 0 aliphatic heterocycles. The van der Waals surface area contributed by atoms with Crippen molar-refractivity contribution in [1.29, 1.82) is 0 Å². The van der Waals surface area contributed by atoms with Crippen LogP contribution in [0.4, 0.5) is 0 Å². The molecule has 1 fully saturated rings. The van der Waals surface area contributed by atoms with Gasteiger partial charge in [0.15, 0.2) is 5.70 Å². The zero-order valence-corrected chi connectivity index (χ0v) is 13.9. The van der Waals surface area contributed by atoms with Gasteiger partial charge in [-0.2, -0.15) is 0 Å². The maximum atomic E-state index is 11.7. The van der Waals surface area contributed by atoms with Gasteiger partial charge in [0.1, 0.15) is 11.5 Å². The summed E-state index contributed by atoms with van der Waals surface area (Å²) in [5.74, 6) is 5.65. The Bertz CT molecular complexity index is 583. The highest BCUT2D eigenvalue weighted by atomic mass is 16.5. The van der Waals surface area contributed by atoms with Crippen molar-refractivity contribution in [3.8, 4) is 11.5 Å². The highest BCUT2D eigenvalue weighted by Crippen LogP contribution is 2.26. The summed E-state index contributed by atoms with van der Waals surface area (Å²) in [6, 6.07) is 7.14. The van der Waals surface area contributed by atoms with Gasteiger partial charge in [-0.3, -0.25) is 5.84 Å². The molecule has 1 aliphatic carbocycles. The van der Waals surface area contributed by atoms with E-state index in [1.54, 1.807) is 25.1 Å². The minimum Gasteiger partial charge on any atom is -0.490 e. The lowest BCUT2D eigenvalue weighted by atomic mass is 9.98. The minimum atomic E-state index is -0.674. The second kappa shape index (κ2) is 9.02. The first-order chi connectivity index (χ1) is 11.6. The zero-order chi connectivity index (χ0) is 17.4. The van der Waals surface area contributed by atoms with E-state index in [2.05, 4.69) is 5.43 Å². The van der Waals surface area contributed by atoms with E-state index in [4.69, 9.17) is 25.8 Å². The van der Waals surface area contributed by atoms with Crippen molar-refractivity contribution < 1.29 is 19.0 Å². The van der Waals surface area contributed by atoms with Crippen molar-refractivity contribution in [2.24, 2.45) is 11.6 Å². The van der Waals surface area contributed by atoms with Crippen LogP contribution in [0.25, 0.3) is 0 Å². The van der Waals surface area contributed by atoms with Gasteiger partial charge in [-0.1, -0.05) is 12.5 Å². The molecule has 1 aliphatic rings. The standard InChI is InChI=1S/C17H25N3O4/c1-2-22-17(21)15(20-19)16(18)24-14-10-6-9-13(11-14)23-12-7-4-3-5-8-12/h6,9-12,20H,2-5,7-8,18-19H2,1H3/b16-15+. The number of nitrogens with one attached hydrogen (secondary N) is 1. The average molecular weight is 335 g/mol. The highest BCUT2D eigenvalue weighted by Gasteiger charge is 2.17. The van der Waals surface area contributed by atoms with Gasteiger partial charge in [0.05, 0.1) is 12.7 Å². The molecule has 0 spiro atoms. The molecule has 1 aromatic rings. The third-order valence-corrected chi connectivity index (χ3v) is 3.76. The molecule has 7 nitrogen and oxygen atoms in total. The van der Waals surface area contributed by atoms with Gasteiger partial charge >= 0.3 is 5.97 Å². The Labute approximate surface area is 141 Å². The lowest BCUT2D eigenvalue weighted by Crippen LogP contribution is -2.32. The maximum absolute atomic E-state index is 11.7. The molecule has 0 bridgehead atoms. The molecule has 2 rings (SSSR count). The predicted molar refractivity (Wildman–Crippen MR) is 89.7 cm³/mol. The summed E-state index contributed by atoms with van der Waals surface area (Å²) in [5, 5.41) is 0. The molecule has 132 valence electrons. The molecular weight excluding hydrogens is 310 g/mol. The van der Waals surface area contributed by atoms with E-state index >= 15 is 0 Å². The third-order valence-electron chi connectivity index (χ3n) is 3.76. The normalized spacial score (nSPS) is 16.1. The van der Waals surface area contributed by atoms with Crippen molar-refractivity contribution in [3.05, 3.63) is 35.8 Å². The summed E-state index contributed by atoms with van der Waals surface area (Å²) in [6.07, 6.45) is 6.03. The lowest BCUT2D eigenvalue weighted by Gasteiger charge is -2.23. The number of rotatable bonds is 7. The molecule has 0 heterocycles. The fourth-order valence-corrected chi connectivity index (χ4v) is 2.60. The van der Waals surface area contributed by atoms with Gasteiger partial charge < -0.3 is 25.4 Å². The van der Waals surface area contributed by atoms with Gasteiger partial charge in [0.2, 0.25) is 5.88 Å². The summed E-state index contributed by atoms with van der Waals surface area (Å²) < 4.78 is 16.3. The van der Waals surface area contributed by atoms with Crippen LogP contribution in [0.15, 0.2) is 35.8 Å². The second-order valence-corrected chi connectivity index (χ2v) is 5.56. The van der Waals surface area contributed by atoms with Crippen molar-refractivity contribution in [1.82, 2.24) is 5.43 Å². The summed E-state index contributed by atoms with van der Waals surface area (Å²) in [4.78, 5) is 11.7. The van der Waals surface area contributed by atoms with E-state index in [0.717, 1.165) is 12.8 Å². The van der Waals surface area contributed by atoms with Gasteiger partial charge in [-0.25, -0.2) is 4.79 Å². The molecular formula is C17H25N3O4. The summed E-state index contributed by atoms with van der Waals surface area (Å²) in [7, 11) is 0. The molecule has 5 N–H and O–H groups in total. The van der Waals surface area contributed by atoms with E-state index in [9.17, 15) is 4.79 Å². The Hall–Kier alpha value is -2.41. The number of esters is 1. The van der Waals surface area contributed by atoms with Crippen LogP contribution >= 0.6 is 0 Å². The minimum absolute atomic E-state index is 0.129. The Balaban J connectivity index is 2.05. The van der Waals surface area contributed by atoms with Crippen molar-refractivity contribution in [2.75, 3.05) is 6.61 Å². The molecule has 0 amide bonds. The number of hydrazine groups is 1. The molecule has 0 aromatic heterocycles. The van der Waals surface area contributed by atoms with Gasteiger partial charge in [0, 0.05) is 6.07 Å². The molecule has 24 heavy (non-hydrogen) atoms. The van der Waals surface area contributed by atoms with Gasteiger partial charge in [-0.05, 0) is 44.7 Å². The molecule has 7 heteroatoms. The molecule has 0 atom stereocenters. The smallest absolute Gasteiger partial charge is 0.361 e. The number of carbonyl (C=O) groups is 1. The predicted octanol–water partition coefficient (Wildman–Crippen LogP) is 1.93. The first-order valence-electron chi connectivity index (χ1n) is 8.22. The monoisotopic (exact) mass is 335 g/mol. The number of carbonyl (C=O) groups excluding carboxylic acids is 1. The van der Waals surface area contributed by atoms with Crippen LogP contribution in [0.2, 0.25) is 0 Å². The number of hydrogen-bond acceptors (Lipinski definition) is 7. The van der Waals surface area contributed by atoms with Gasteiger partial charge in [-0.15, -0.1) is 0 Å². The maximum Gasteiger partial charge on any atom is 0.361 e. The molecule has 0 radical (unpaired) electrons. The quantitative estimate of drug-likeness (QED) is 0.230. The van der Waals surface area contributed by atoms with Crippen LogP contribution in [0.1, 0.15) is 39.0 Å². The summed E-state index contributed by atoms with van der Waals surface area (Å²) in [5.41, 5.74) is 7.88. The molecule has 0 unspecified atom stereocenters. The molecule has 0 saturated heterocycles. The van der Waals surface area contributed by atoms with Crippen LogP contribution in [0.3, 0.4) is 0 Å². The first-order valence-corrected chi connectivity index (χ1v) is 8.22. The number of benzene rings is 1. The number of hydrogen-bond donors (Lipinski definition) is 3. The van der Waals surface area contributed by atoms with Crippen molar-refractivity contribution >= 4 is 5.97 Å². The Morgan fingerprint density at radius 2 is 1.96 bits per heavy atom. The van der Waals surface area contributed by atoms with Crippen LogP contribution in [-0.2, 0) is 9.53 Å².